The summed E-state index contributed by atoms with van der Waals surface area (Å²) < 4.78 is 16.1. The molecular formula is C22H37N5O4. The smallest absolute Gasteiger partial charge is 0.234 e. The summed E-state index contributed by atoms with van der Waals surface area (Å²) in [5.41, 5.74) is 0. The largest absolute Gasteiger partial charge is 0.497 e. The monoisotopic (exact) mass is 435 g/mol. The van der Waals surface area contributed by atoms with Crippen molar-refractivity contribution in [2.24, 2.45) is 4.99 Å². The molecule has 0 aromatic heterocycles. The normalized spacial score (nSPS) is 16.0. The van der Waals surface area contributed by atoms with E-state index < -0.39 is 0 Å². The van der Waals surface area contributed by atoms with Crippen LogP contribution in [0.4, 0.5) is 0 Å². The van der Waals surface area contributed by atoms with Crippen LogP contribution in [0.25, 0.3) is 0 Å². The zero-order valence-electron chi connectivity index (χ0n) is 19.2. The topological polar surface area (TPSA) is 87.7 Å². The van der Waals surface area contributed by atoms with Crippen LogP contribution in [-0.4, -0.2) is 101 Å². The van der Waals surface area contributed by atoms with Crippen molar-refractivity contribution in [3.05, 3.63) is 24.3 Å². The predicted octanol–water partition coefficient (Wildman–Crippen LogP) is 0.808. The number of carbonyl (C=O) groups is 1. The first-order valence-corrected chi connectivity index (χ1v) is 10.9. The third kappa shape index (κ3) is 9.02. The summed E-state index contributed by atoms with van der Waals surface area (Å²) in [4.78, 5) is 21.2. The Morgan fingerprint density at radius 1 is 1.10 bits per heavy atom. The van der Waals surface area contributed by atoms with Crippen molar-refractivity contribution in [3.8, 4) is 11.5 Å². The number of hydrogen-bond donors (Lipinski definition) is 2. The summed E-state index contributed by atoms with van der Waals surface area (Å²) in [6.45, 7) is 10.2. The molecular weight excluding hydrogens is 398 g/mol. The van der Waals surface area contributed by atoms with Gasteiger partial charge in [-0.15, -0.1) is 0 Å². The van der Waals surface area contributed by atoms with Gasteiger partial charge in [-0.3, -0.25) is 9.69 Å². The third-order valence-electron chi connectivity index (χ3n) is 4.90. The number of nitrogens with zero attached hydrogens (tertiary/aromatic N) is 3. The fraction of sp³-hybridized carbons (Fsp3) is 0.636. The Bertz CT molecular complexity index is 675. The average Bonchev–Trinajstić information content (AvgIpc) is 2.78. The summed E-state index contributed by atoms with van der Waals surface area (Å²) in [6, 6.07) is 7.56. The lowest BCUT2D eigenvalue weighted by atomic mass is 10.3. The number of benzene rings is 1. The lowest BCUT2D eigenvalue weighted by molar-refractivity contribution is -0.122. The van der Waals surface area contributed by atoms with Gasteiger partial charge >= 0.3 is 0 Å². The molecule has 174 valence electrons. The standard InChI is InChI=1S/C22H37N5O4/c1-5-23-22(25-16-18(2)31-20-8-6-19(30-4)7-9-20)27-13-11-26(12-14-27)17-21(28)24-10-15-29-3/h6-9,18H,5,10-17H2,1-4H3,(H,23,25)(H,24,28). The highest BCUT2D eigenvalue weighted by molar-refractivity contribution is 5.80. The van der Waals surface area contributed by atoms with Crippen molar-refractivity contribution in [1.29, 1.82) is 0 Å². The zero-order chi connectivity index (χ0) is 22.5. The lowest BCUT2D eigenvalue weighted by Gasteiger charge is -2.36. The van der Waals surface area contributed by atoms with Gasteiger partial charge in [-0.2, -0.15) is 0 Å². The quantitative estimate of drug-likeness (QED) is 0.302. The number of nitrogens with one attached hydrogen (secondary N) is 2. The number of rotatable bonds is 11. The molecule has 1 atom stereocenters. The zero-order valence-corrected chi connectivity index (χ0v) is 19.2. The number of amides is 1. The van der Waals surface area contributed by atoms with E-state index in [1.54, 1.807) is 14.2 Å². The molecule has 9 nitrogen and oxygen atoms in total. The number of guanidine groups is 1. The van der Waals surface area contributed by atoms with Crippen molar-refractivity contribution >= 4 is 11.9 Å². The molecule has 1 aliphatic heterocycles. The summed E-state index contributed by atoms with van der Waals surface area (Å²) >= 11 is 0. The van der Waals surface area contributed by atoms with Crippen molar-refractivity contribution < 1.29 is 19.0 Å². The fourth-order valence-electron chi connectivity index (χ4n) is 3.23. The molecule has 1 fully saturated rings. The van der Waals surface area contributed by atoms with E-state index in [0.717, 1.165) is 50.2 Å². The van der Waals surface area contributed by atoms with Crippen LogP contribution >= 0.6 is 0 Å². The Labute approximate surface area is 185 Å². The van der Waals surface area contributed by atoms with Crippen LogP contribution in [-0.2, 0) is 9.53 Å². The molecule has 1 aromatic rings. The van der Waals surface area contributed by atoms with E-state index in [4.69, 9.17) is 19.2 Å². The van der Waals surface area contributed by atoms with E-state index in [9.17, 15) is 4.79 Å². The van der Waals surface area contributed by atoms with Crippen LogP contribution < -0.4 is 20.1 Å². The first-order chi connectivity index (χ1) is 15.0. The van der Waals surface area contributed by atoms with Gasteiger partial charge in [0.1, 0.15) is 17.6 Å². The molecule has 1 aliphatic rings. The number of aliphatic imine (C=N–C) groups is 1. The summed E-state index contributed by atoms with van der Waals surface area (Å²) in [6.07, 6.45) is -0.0564. The van der Waals surface area contributed by atoms with Gasteiger partial charge in [0.15, 0.2) is 5.96 Å². The van der Waals surface area contributed by atoms with Crippen molar-refractivity contribution in [2.75, 3.05) is 73.2 Å². The third-order valence-corrected chi connectivity index (χ3v) is 4.90. The molecule has 0 radical (unpaired) electrons. The van der Waals surface area contributed by atoms with E-state index in [2.05, 4.69) is 27.4 Å². The summed E-state index contributed by atoms with van der Waals surface area (Å²) in [5.74, 6) is 2.53. The van der Waals surface area contributed by atoms with Crippen molar-refractivity contribution in [1.82, 2.24) is 20.4 Å². The molecule has 1 amide bonds. The van der Waals surface area contributed by atoms with Gasteiger partial charge in [-0.05, 0) is 38.1 Å². The van der Waals surface area contributed by atoms with Crippen LogP contribution in [0.2, 0.25) is 0 Å². The Balaban J connectivity index is 1.80. The van der Waals surface area contributed by atoms with Gasteiger partial charge in [0.05, 0.1) is 26.8 Å². The Morgan fingerprint density at radius 2 is 1.77 bits per heavy atom. The van der Waals surface area contributed by atoms with E-state index in [1.165, 1.54) is 0 Å². The minimum absolute atomic E-state index is 0.0376. The second-order valence-electron chi connectivity index (χ2n) is 7.40. The highest BCUT2D eigenvalue weighted by atomic mass is 16.5. The average molecular weight is 436 g/mol. The van der Waals surface area contributed by atoms with Crippen molar-refractivity contribution in [2.45, 2.75) is 20.0 Å². The predicted molar refractivity (Wildman–Crippen MR) is 122 cm³/mol. The van der Waals surface area contributed by atoms with Crippen LogP contribution in [0.5, 0.6) is 11.5 Å². The van der Waals surface area contributed by atoms with E-state index in [1.807, 2.05) is 31.2 Å². The number of ether oxygens (including phenoxy) is 3. The van der Waals surface area contributed by atoms with Crippen LogP contribution in [0.1, 0.15) is 13.8 Å². The Hall–Kier alpha value is -2.52. The van der Waals surface area contributed by atoms with Crippen LogP contribution in [0, 0.1) is 0 Å². The highest BCUT2D eigenvalue weighted by Crippen LogP contribution is 2.18. The maximum absolute atomic E-state index is 12.0. The summed E-state index contributed by atoms with van der Waals surface area (Å²) in [5, 5.41) is 6.24. The van der Waals surface area contributed by atoms with Gasteiger partial charge in [0.2, 0.25) is 5.91 Å². The first-order valence-electron chi connectivity index (χ1n) is 10.9. The molecule has 1 heterocycles. The molecule has 1 aromatic carbocycles. The second-order valence-corrected chi connectivity index (χ2v) is 7.40. The molecule has 9 heteroatoms. The number of piperazine rings is 1. The highest BCUT2D eigenvalue weighted by Gasteiger charge is 2.21. The Morgan fingerprint density at radius 3 is 2.39 bits per heavy atom. The molecule has 31 heavy (non-hydrogen) atoms. The van der Waals surface area contributed by atoms with Crippen LogP contribution in [0.15, 0.2) is 29.3 Å². The molecule has 0 bridgehead atoms. The lowest BCUT2D eigenvalue weighted by Crippen LogP contribution is -2.54. The van der Waals surface area contributed by atoms with Crippen LogP contribution in [0.3, 0.4) is 0 Å². The van der Waals surface area contributed by atoms with Gasteiger partial charge in [0, 0.05) is 46.4 Å². The molecule has 0 aliphatic carbocycles. The van der Waals surface area contributed by atoms with Crippen molar-refractivity contribution in [3.63, 3.8) is 0 Å². The minimum Gasteiger partial charge on any atom is -0.497 e. The van der Waals surface area contributed by atoms with Gasteiger partial charge < -0.3 is 29.7 Å². The van der Waals surface area contributed by atoms with E-state index in [0.29, 0.717) is 26.2 Å². The second kappa shape index (κ2) is 13.7. The first kappa shape index (κ1) is 24.7. The SMILES string of the molecule is CCNC(=NCC(C)Oc1ccc(OC)cc1)N1CCN(CC(=O)NCCOC)CC1. The number of hydrogen-bond acceptors (Lipinski definition) is 6. The molecule has 1 saturated heterocycles. The molecule has 0 spiro atoms. The van der Waals surface area contributed by atoms with E-state index >= 15 is 0 Å². The van der Waals surface area contributed by atoms with E-state index in [-0.39, 0.29) is 12.0 Å². The summed E-state index contributed by atoms with van der Waals surface area (Å²) in [7, 11) is 3.27. The maximum Gasteiger partial charge on any atom is 0.234 e. The maximum atomic E-state index is 12.0. The molecule has 2 rings (SSSR count). The number of carbonyl (C=O) groups excluding carboxylic acids is 1. The van der Waals surface area contributed by atoms with Gasteiger partial charge in [-0.25, -0.2) is 4.99 Å². The van der Waals surface area contributed by atoms with Gasteiger partial charge in [0.25, 0.3) is 0 Å². The molecule has 2 N–H and O–H groups in total. The minimum atomic E-state index is -0.0564. The number of methoxy groups -OCH3 is 2. The molecule has 1 unspecified atom stereocenters. The Kier molecular flexibility index (Phi) is 10.9. The molecule has 0 saturated carbocycles. The van der Waals surface area contributed by atoms with Gasteiger partial charge in [-0.1, -0.05) is 0 Å². The fourth-order valence-corrected chi connectivity index (χ4v) is 3.23.